The van der Waals surface area contributed by atoms with Crippen LogP contribution in [0.2, 0.25) is 10.0 Å². The van der Waals surface area contributed by atoms with Crippen molar-refractivity contribution < 1.29 is 28.6 Å². The lowest BCUT2D eigenvalue weighted by atomic mass is 9.87. The van der Waals surface area contributed by atoms with E-state index in [2.05, 4.69) is 5.32 Å². The van der Waals surface area contributed by atoms with Gasteiger partial charge in [-0.2, -0.15) is 0 Å². The van der Waals surface area contributed by atoms with E-state index >= 15 is 0 Å². The number of anilines is 1. The molecule has 1 aromatic heterocycles. The maximum atomic E-state index is 13.5. The Morgan fingerprint density at radius 3 is 2.50 bits per heavy atom. The van der Waals surface area contributed by atoms with E-state index in [1.54, 1.807) is 30.3 Å². The minimum Gasteiger partial charge on any atom is -0.466 e. The fourth-order valence-electron chi connectivity index (χ4n) is 6.28. The van der Waals surface area contributed by atoms with Crippen LogP contribution in [-0.4, -0.2) is 72.4 Å². The number of fused-ring (bicyclic) bond motifs is 1. The topological polar surface area (TPSA) is 99.1 Å². The number of hydrogen-bond donors (Lipinski definition) is 1. The van der Waals surface area contributed by atoms with E-state index in [0.29, 0.717) is 53.0 Å². The van der Waals surface area contributed by atoms with Crippen LogP contribution in [0.5, 0.6) is 0 Å². The van der Waals surface area contributed by atoms with Gasteiger partial charge in [-0.3, -0.25) is 14.4 Å². The first kappa shape index (κ1) is 32.3. The molecule has 3 aromatic rings. The number of methoxy groups -OCH3 is 1. The van der Waals surface area contributed by atoms with Crippen LogP contribution in [0.3, 0.4) is 0 Å². The minimum atomic E-state index is -0.302. The van der Waals surface area contributed by atoms with E-state index in [0.717, 1.165) is 36.6 Å². The highest BCUT2D eigenvalue weighted by molar-refractivity contribution is 6.36. The molecule has 2 fully saturated rings. The van der Waals surface area contributed by atoms with Crippen LogP contribution in [0, 0.1) is 5.92 Å². The Kier molecular flexibility index (Phi) is 10.5. The van der Waals surface area contributed by atoms with Crippen LogP contribution in [-0.2, 0) is 37.3 Å². The normalized spacial score (nSPS) is 21.9. The number of nitrogens with zero attached hydrogens (tertiary/aromatic N) is 2. The van der Waals surface area contributed by atoms with Gasteiger partial charge < -0.3 is 29.0 Å². The molecule has 2 atom stereocenters. The molecule has 0 spiro atoms. The number of para-hydroxylation sites is 1. The predicted octanol–water partition coefficient (Wildman–Crippen LogP) is 6.03. The summed E-state index contributed by atoms with van der Waals surface area (Å²) in [5.74, 6) is -0.592. The summed E-state index contributed by atoms with van der Waals surface area (Å²) in [4.78, 5) is 40.6. The molecule has 2 amide bonds. The molecule has 2 aliphatic rings. The van der Waals surface area contributed by atoms with Crippen molar-refractivity contribution in [2.75, 3.05) is 32.2 Å². The smallest absolute Gasteiger partial charge is 0.308 e. The number of carbonyl (C=O) groups is 3. The van der Waals surface area contributed by atoms with Crippen molar-refractivity contribution in [1.82, 2.24) is 9.47 Å². The molecule has 11 heteroatoms. The average Bonchev–Trinajstić information content (AvgIpc) is 3.60. The number of ether oxygens (including phenoxy) is 3. The van der Waals surface area contributed by atoms with E-state index in [9.17, 15) is 14.4 Å². The van der Waals surface area contributed by atoms with Crippen molar-refractivity contribution in [3.8, 4) is 0 Å². The molecule has 2 heterocycles. The minimum absolute atomic E-state index is 0.0455. The third-order valence-electron chi connectivity index (χ3n) is 8.72. The number of amides is 2. The van der Waals surface area contributed by atoms with Crippen LogP contribution in [0.4, 0.5) is 5.69 Å². The Labute approximate surface area is 267 Å². The van der Waals surface area contributed by atoms with Gasteiger partial charge in [0.1, 0.15) is 0 Å². The van der Waals surface area contributed by atoms with Gasteiger partial charge >= 0.3 is 5.97 Å². The van der Waals surface area contributed by atoms with Crippen LogP contribution in [0.25, 0.3) is 10.9 Å². The van der Waals surface area contributed by atoms with Gasteiger partial charge in [0.25, 0.3) is 5.91 Å². The number of aromatic nitrogens is 1. The number of likely N-dealkylation sites (tertiary alicyclic amines) is 1. The molecule has 1 aliphatic carbocycles. The Bertz CT molecular complexity index is 1520. The van der Waals surface area contributed by atoms with Gasteiger partial charge in [0, 0.05) is 42.8 Å². The number of esters is 1. The Morgan fingerprint density at radius 1 is 1.02 bits per heavy atom. The zero-order chi connectivity index (χ0) is 31.4. The molecular weight excluding hydrogens is 605 g/mol. The first-order valence-corrected chi connectivity index (χ1v) is 15.9. The molecule has 0 radical (unpaired) electrons. The molecule has 0 bridgehead atoms. The SMILES string of the molecule is CCOC(=O)C1CCC(OCC2CC(OC)CN2C(=O)Cc2cc(Cl)c(NC(=O)c3cn(C)c4ccccc34)cc2Cl)CC1. The monoisotopic (exact) mass is 643 g/mol. The van der Waals surface area contributed by atoms with Gasteiger partial charge in [-0.15, -0.1) is 0 Å². The Hall–Kier alpha value is -3.11. The Morgan fingerprint density at radius 2 is 1.77 bits per heavy atom. The van der Waals surface area contributed by atoms with Gasteiger partial charge in [0.05, 0.1) is 60.1 Å². The van der Waals surface area contributed by atoms with E-state index < -0.39 is 0 Å². The lowest BCUT2D eigenvalue weighted by Crippen LogP contribution is -2.40. The summed E-state index contributed by atoms with van der Waals surface area (Å²) in [6.07, 6.45) is 5.53. The molecule has 2 aromatic carbocycles. The first-order valence-electron chi connectivity index (χ1n) is 15.1. The summed E-state index contributed by atoms with van der Waals surface area (Å²) in [5, 5.41) is 4.33. The summed E-state index contributed by atoms with van der Waals surface area (Å²) in [7, 11) is 3.54. The van der Waals surface area contributed by atoms with Gasteiger partial charge in [0.2, 0.25) is 5.91 Å². The fraction of sp³-hybridized carbons (Fsp3) is 0.485. The van der Waals surface area contributed by atoms with Crippen molar-refractivity contribution in [1.29, 1.82) is 0 Å². The molecular formula is C33H39Cl2N3O6. The number of nitrogens with one attached hydrogen (secondary N) is 1. The van der Waals surface area contributed by atoms with Crippen molar-refractivity contribution >= 4 is 57.6 Å². The summed E-state index contributed by atoms with van der Waals surface area (Å²) >= 11 is 13.2. The van der Waals surface area contributed by atoms with E-state index in [4.69, 9.17) is 37.4 Å². The number of rotatable bonds is 10. The van der Waals surface area contributed by atoms with Crippen molar-refractivity contribution in [3.63, 3.8) is 0 Å². The second kappa shape index (κ2) is 14.3. The quantitative estimate of drug-likeness (QED) is 0.271. The number of aryl methyl sites for hydroxylation is 1. The third-order valence-corrected chi connectivity index (χ3v) is 9.38. The summed E-state index contributed by atoms with van der Waals surface area (Å²) < 4.78 is 18.9. The van der Waals surface area contributed by atoms with Crippen LogP contribution < -0.4 is 5.32 Å². The average molecular weight is 645 g/mol. The molecule has 44 heavy (non-hydrogen) atoms. The van der Waals surface area contributed by atoms with Crippen molar-refractivity contribution in [2.45, 2.75) is 63.7 Å². The zero-order valence-electron chi connectivity index (χ0n) is 25.3. The van der Waals surface area contributed by atoms with Gasteiger partial charge in [-0.1, -0.05) is 41.4 Å². The molecule has 1 saturated carbocycles. The van der Waals surface area contributed by atoms with E-state index in [1.807, 2.05) is 42.8 Å². The van der Waals surface area contributed by atoms with Gasteiger partial charge in [0.15, 0.2) is 0 Å². The maximum Gasteiger partial charge on any atom is 0.308 e. The predicted molar refractivity (Wildman–Crippen MR) is 170 cm³/mol. The van der Waals surface area contributed by atoms with Crippen LogP contribution >= 0.6 is 23.2 Å². The zero-order valence-corrected chi connectivity index (χ0v) is 26.8. The summed E-state index contributed by atoms with van der Waals surface area (Å²) in [6.45, 7) is 3.07. The number of carbonyl (C=O) groups excluding carboxylic acids is 3. The van der Waals surface area contributed by atoms with E-state index in [1.165, 1.54) is 0 Å². The number of hydrogen-bond acceptors (Lipinski definition) is 6. The highest BCUT2D eigenvalue weighted by Crippen LogP contribution is 2.33. The summed E-state index contributed by atoms with van der Waals surface area (Å²) in [6, 6.07) is 10.8. The largest absolute Gasteiger partial charge is 0.466 e. The van der Waals surface area contributed by atoms with Gasteiger partial charge in [-0.05, 0) is 62.8 Å². The first-order chi connectivity index (χ1) is 21.2. The number of halogens is 2. The maximum absolute atomic E-state index is 13.5. The molecule has 9 nitrogen and oxygen atoms in total. The molecule has 1 N–H and O–H groups in total. The number of benzene rings is 2. The second-order valence-electron chi connectivity index (χ2n) is 11.6. The van der Waals surface area contributed by atoms with Crippen LogP contribution in [0.1, 0.15) is 54.9 Å². The Balaban J connectivity index is 1.20. The standard InChI is InChI=1S/C33H39Cl2N3O6/c1-4-43-33(41)20-9-11-23(12-10-20)44-19-22-15-24(42-3)17-38(22)31(39)14-21-13-28(35)29(16-27(21)34)36-32(40)26-18-37(2)30-8-6-5-7-25(26)30/h5-8,13,16,18,20,22-24H,4,9-12,14-15,17,19H2,1-3H3,(H,36,40). The molecule has 1 aliphatic heterocycles. The highest BCUT2D eigenvalue weighted by atomic mass is 35.5. The highest BCUT2D eigenvalue weighted by Gasteiger charge is 2.37. The second-order valence-corrected chi connectivity index (χ2v) is 12.4. The van der Waals surface area contributed by atoms with E-state index in [-0.39, 0.29) is 48.4 Å². The van der Waals surface area contributed by atoms with Gasteiger partial charge in [-0.25, -0.2) is 0 Å². The molecule has 1 saturated heterocycles. The lowest BCUT2D eigenvalue weighted by Gasteiger charge is -2.30. The molecule has 5 rings (SSSR count). The lowest BCUT2D eigenvalue weighted by molar-refractivity contribution is -0.150. The third kappa shape index (κ3) is 7.23. The van der Waals surface area contributed by atoms with Crippen LogP contribution in [0.15, 0.2) is 42.6 Å². The summed E-state index contributed by atoms with van der Waals surface area (Å²) in [5.41, 5.74) is 2.41. The van der Waals surface area contributed by atoms with Crippen molar-refractivity contribution in [3.05, 3.63) is 63.8 Å². The molecule has 2 unspecified atom stereocenters. The van der Waals surface area contributed by atoms with Crippen molar-refractivity contribution in [2.24, 2.45) is 13.0 Å². The molecule has 236 valence electrons. The fourth-order valence-corrected chi connectivity index (χ4v) is 6.74.